The van der Waals surface area contributed by atoms with Crippen molar-refractivity contribution in [2.24, 2.45) is 11.7 Å². The largest absolute Gasteiger partial charge is 0.355 e. The monoisotopic (exact) mass is 396 g/mol. The predicted octanol–water partition coefficient (Wildman–Crippen LogP) is 0.941. The van der Waals surface area contributed by atoms with Gasteiger partial charge in [0.25, 0.3) is 0 Å². The highest BCUT2D eigenvalue weighted by atomic mass is 35.5. The standard InChI is InChI=1S/C19H28N4O3.ClH/c1-14(18(20)16-6-4-3-5-7-16)19(26)21-9-8-17(25)23-12-10-22(11-13-23)15(2)24;/h3-7,14,18H,8-13,20H2,1-2H3,(H,21,26);1H. The van der Waals surface area contributed by atoms with Gasteiger partial charge in [-0.05, 0) is 5.56 Å². The Morgan fingerprint density at radius 1 is 1.07 bits per heavy atom. The van der Waals surface area contributed by atoms with Gasteiger partial charge in [0.2, 0.25) is 17.7 Å². The Bertz CT molecular complexity index is 633. The van der Waals surface area contributed by atoms with Crippen LogP contribution in [0.1, 0.15) is 31.9 Å². The molecule has 0 aliphatic carbocycles. The minimum Gasteiger partial charge on any atom is -0.355 e. The molecule has 2 rings (SSSR count). The highest BCUT2D eigenvalue weighted by Crippen LogP contribution is 2.18. The molecule has 2 unspecified atom stereocenters. The van der Waals surface area contributed by atoms with Gasteiger partial charge in [-0.2, -0.15) is 0 Å². The van der Waals surface area contributed by atoms with E-state index >= 15 is 0 Å². The van der Waals surface area contributed by atoms with Crippen molar-refractivity contribution < 1.29 is 14.4 Å². The fraction of sp³-hybridized carbons (Fsp3) is 0.526. The normalized spacial score (nSPS) is 16.1. The van der Waals surface area contributed by atoms with Crippen molar-refractivity contribution in [3.05, 3.63) is 35.9 Å². The lowest BCUT2D eigenvalue weighted by molar-refractivity contribution is -0.138. The van der Waals surface area contributed by atoms with Crippen LogP contribution in [0.15, 0.2) is 30.3 Å². The van der Waals surface area contributed by atoms with Gasteiger partial charge in [0, 0.05) is 52.1 Å². The molecule has 7 nitrogen and oxygen atoms in total. The quantitative estimate of drug-likeness (QED) is 0.748. The average Bonchev–Trinajstić information content (AvgIpc) is 2.67. The third-order valence-electron chi connectivity index (χ3n) is 4.85. The Hall–Kier alpha value is -2.12. The summed E-state index contributed by atoms with van der Waals surface area (Å²) < 4.78 is 0. The number of carbonyl (C=O) groups excluding carboxylic acids is 3. The number of nitrogens with two attached hydrogens (primary N) is 1. The van der Waals surface area contributed by atoms with E-state index in [1.807, 2.05) is 30.3 Å². The van der Waals surface area contributed by atoms with E-state index in [-0.39, 0.29) is 55.1 Å². The molecular formula is C19H29ClN4O3. The molecule has 1 aliphatic rings. The number of amides is 3. The predicted molar refractivity (Wildman–Crippen MR) is 106 cm³/mol. The SMILES string of the molecule is CC(=O)N1CCN(C(=O)CCNC(=O)C(C)C(N)c2ccccc2)CC1.Cl. The maximum Gasteiger partial charge on any atom is 0.224 e. The molecule has 1 aromatic rings. The van der Waals surface area contributed by atoms with Crippen molar-refractivity contribution in [2.45, 2.75) is 26.3 Å². The highest BCUT2D eigenvalue weighted by molar-refractivity contribution is 5.85. The topological polar surface area (TPSA) is 95.7 Å². The molecule has 2 atom stereocenters. The molecule has 0 saturated carbocycles. The van der Waals surface area contributed by atoms with Crippen molar-refractivity contribution in [1.82, 2.24) is 15.1 Å². The van der Waals surface area contributed by atoms with Gasteiger partial charge in [0.15, 0.2) is 0 Å². The van der Waals surface area contributed by atoms with Crippen molar-refractivity contribution >= 4 is 30.1 Å². The third kappa shape index (κ3) is 6.52. The first-order chi connectivity index (χ1) is 12.4. The Balaban J connectivity index is 0.00000364. The zero-order valence-corrected chi connectivity index (χ0v) is 16.7. The summed E-state index contributed by atoms with van der Waals surface area (Å²) >= 11 is 0. The van der Waals surface area contributed by atoms with E-state index in [9.17, 15) is 14.4 Å². The first-order valence-corrected chi connectivity index (χ1v) is 9.01. The number of piperazine rings is 1. The second-order valence-corrected chi connectivity index (χ2v) is 6.65. The average molecular weight is 397 g/mol. The minimum atomic E-state index is -0.383. The van der Waals surface area contributed by atoms with Crippen LogP contribution in [-0.2, 0) is 14.4 Å². The van der Waals surface area contributed by atoms with Crippen molar-refractivity contribution in [2.75, 3.05) is 32.7 Å². The number of nitrogens with one attached hydrogen (secondary N) is 1. The number of nitrogens with zero attached hydrogens (tertiary/aromatic N) is 2. The van der Waals surface area contributed by atoms with Crippen LogP contribution in [0.2, 0.25) is 0 Å². The minimum absolute atomic E-state index is 0. The van der Waals surface area contributed by atoms with Crippen LogP contribution >= 0.6 is 12.4 Å². The Morgan fingerprint density at radius 3 is 2.19 bits per heavy atom. The molecular weight excluding hydrogens is 368 g/mol. The number of rotatable bonds is 6. The number of hydrogen-bond donors (Lipinski definition) is 2. The lowest BCUT2D eigenvalue weighted by Crippen LogP contribution is -2.50. The molecule has 1 fully saturated rings. The zero-order chi connectivity index (χ0) is 19.1. The van der Waals surface area contributed by atoms with Gasteiger partial charge in [0.1, 0.15) is 0 Å². The third-order valence-corrected chi connectivity index (χ3v) is 4.85. The maximum absolute atomic E-state index is 12.3. The summed E-state index contributed by atoms with van der Waals surface area (Å²) in [6.45, 7) is 5.83. The van der Waals surface area contributed by atoms with E-state index < -0.39 is 0 Å². The first-order valence-electron chi connectivity index (χ1n) is 9.01. The van der Waals surface area contributed by atoms with Crippen molar-refractivity contribution in [3.8, 4) is 0 Å². The summed E-state index contributed by atoms with van der Waals surface area (Å²) in [5, 5.41) is 2.80. The second-order valence-electron chi connectivity index (χ2n) is 6.65. The summed E-state index contributed by atoms with van der Waals surface area (Å²) in [6.07, 6.45) is 0.249. The van der Waals surface area contributed by atoms with Crippen LogP contribution in [0.5, 0.6) is 0 Å². The number of hydrogen-bond acceptors (Lipinski definition) is 4. The summed E-state index contributed by atoms with van der Waals surface area (Å²) in [4.78, 5) is 39.3. The summed E-state index contributed by atoms with van der Waals surface area (Å²) in [6, 6.07) is 9.11. The highest BCUT2D eigenvalue weighted by Gasteiger charge is 2.24. The van der Waals surface area contributed by atoms with Crippen LogP contribution in [0.3, 0.4) is 0 Å². The molecule has 150 valence electrons. The fourth-order valence-electron chi connectivity index (χ4n) is 3.01. The van der Waals surface area contributed by atoms with E-state index in [1.165, 1.54) is 6.92 Å². The van der Waals surface area contributed by atoms with Gasteiger partial charge in [-0.25, -0.2) is 0 Å². The molecule has 8 heteroatoms. The smallest absolute Gasteiger partial charge is 0.224 e. The van der Waals surface area contributed by atoms with E-state index in [0.717, 1.165) is 5.56 Å². The summed E-state index contributed by atoms with van der Waals surface area (Å²) in [7, 11) is 0. The van der Waals surface area contributed by atoms with Crippen molar-refractivity contribution in [3.63, 3.8) is 0 Å². The molecule has 27 heavy (non-hydrogen) atoms. The Morgan fingerprint density at radius 2 is 1.63 bits per heavy atom. The van der Waals surface area contributed by atoms with E-state index in [1.54, 1.807) is 16.7 Å². The number of halogens is 1. The molecule has 3 N–H and O–H groups in total. The van der Waals surface area contributed by atoms with Gasteiger partial charge in [-0.3, -0.25) is 14.4 Å². The number of carbonyl (C=O) groups is 3. The summed E-state index contributed by atoms with van der Waals surface area (Å²) in [5.74, 6) is -0.510. The maximum atomic E-state index is 12.3. The van der Waals surface area contributed by atoms with Gasteiger partial charge < -0.3 is 20.9 Å². The van der Waals surface area contributed by atoms with E-state index in [4.69, 9.17) is 5.73 Å². The van der Waals surface area contributed by atoms with E-state index in [2.05, 4.69) is 5.32 Å². The molecule has 3 amide bonds. The van der Waals surface area contributed by atoms with Gasteiger partial charge in [0.05, 0.1) is 5.92 Å². The van der Waals surface area contributed by atoms with Crippen LogP contribution in [-0.4, -0.2) is 60.2 Å². The Labute approximate surface area is 166 Å². The summed E-state index contributed by atoms with van der Waals surface area (Å²) in [5.41, 5.74) is 7.07. The molecule has 1 aromatic carbocycles. The van der Waals surface area contributed by atoms with Crippen LogP contribution < -0.4 is 11.1 Å². The molecule has 0 aromatic heterocycles. The molecule has 1 heterocycles. The molecule has 0 spiro atoms. The Kier molecular flexibility index (Phi) is 9.25. The zero-order valence-electron chi connectivity index (χ0n) is 15.9. The molecule has 1 aliphatic heterocycles. The number of benzene rings is 1. The molecule has 1 saturated heterocycles. The lowest BCUT2D eigenvalue weighted by atomic mass is 9.95. The van der Waals surface area contributed by atoms with Crippen molar-refractivity contribution in [1.29, 1.82) is 0 Å². The first kappa shape index (κ1) is 22.9. The lowest BCUT2D eigenvalue weighted by Gasteiger charge is -2.34. The van der Waals surface area contributed by atoms with Gasteiger partial charge in [-0.15, -0.1) is 12.4 Å². The second kappa shape index (κ2) is 10.9. The van der Waals surface area contributed by atoms with Crippen LogP contribution in [0.25, 0.3) is 0 Å². The fourth-order valence-corrected chi connectivity index (χ4v) is 3.01. The van der Waals surface area contributed by atoms with Crippen LogP contribution in [0, 0.1) is 5.92 Å². The van der Waals surface area contributed by atoms with Gasteiger partial charge in [-0.1, -0.05) is 37.3 Å². The van der Waals surface area contributed by atoms with Crippen LogP contribution in [0.4, 0.5) is 0 Å². The molecule has 0 radical (unpaired) electrons. The van der Waals surface area contributed by atoms with E-state index in [0.29, 0.717) is 26.2 Å². The van der Waals surface area contributed by atoms with Gasteiger partial charge >= 0.3 is 0 Å². The molecule has 0 bridgehead atoms.